The number of fused-ring (bicyclic) bond motifs is 1. The number of aryl methyl sites for hydroxylation is 1. The average Bonchev–Trinajstić information content (AvgIpc) is 2.87. The zero-order chi connectivity index (χ0) is 25.8. The number of benzene rings is 3. The van der Waals surface area contributed by atoms with E-state index in [0.29, 0.717) is 35.3 Å². The average molecular weight is 488 g/mol. The molecule has 3 aromatic carbocycles. The van der Waals surface area contributed by atoms with Crippen molar-refractivity contribution in [1.29, 1.82) is 0 Å². The number of Topliss-reactive ketones (excluding diaryl/α,β-unsaturated/α-hetero) is 1. The molecular formula is C29H29NO6. The summed E-state index contributed by atoms with van der Waals surface area (Å²) in [6.07, 6.45) is 1.04. The SMILES string of the molecule is COC(=O)c1ccc(C(C[N+](=O)[O-])C2CCc3cc(-c4ccccc4)c(OC(C)C)cc3C2=O)cc1. The first-order valence-electron chi connectivity index (χ1n) is 12.0. The number of rotatable bonds is 8. The predicted octanol–water partition coefficient (Wildman–Crippen LogP) is 5.73. The summed E-state index contributed by atoms with van der Waals surface area (Å²) in [5.41, 5.74) is 4.41. The smallest absolute Gasteiger partial charge is 0.337 e. The van der Waals surface area contributed by atoms with Crippen LogP contribution in [0.5, 0.6) is 5.75 Å². The van der Waals surface area contributed by atoms with Gasteiger partial charge in [0.25, 0.3) is 0 Å². The molecule has 4 rings (SSSR count). The highest BCUT2D eigenvalue weighted by molar-refractivity contribution is 6.02. The highest BCUT2D eigenvalue weighted by Gasteiger charge is 2.38. The third-order valence-electron chi connectivity index (χ3n) is 6.57. The number of methoxy groups -OCH3 is 1. The summed E-state index contributed by atoms with van der Waals surface area (Å²) >= 11 is 0. The van der Waals surface area contributed by atoms with Gasteiger partial charge >= 0.3 is 5.97 Å². The molecule has 0 N–H and O–H groups in total. The third-order valence-corrected chi connectivity index (χ3v) is 6.57. The van der Waals surface area contributed by atoms with Crippen LogP contribution >= 0.6 is 0 Å². The van der Waals surface area contributed by atoms with Crippen LogP contribution in [0.4, 0.5) is 0 Å². The Morgan fingerprint density at radius 1 is 1.06 bits per heavy atom. The van der Waals surface area contributed by atoms with Crippen LogP contribution in [-0.4, -0.2) is 36.4 Å². The monoisotopic (exact) mass is 487 g/mol. The van der Waals surface area contributed by atoms with E-state index in [0.717, 1.165) is 16.7 Å². The third kappa shape index (κ3) is 5.30. The second-order valence-corrected chi connectivity index (χ2v) is 9.28. The predicted molar refractivity (Wildman–Crippen MR) is 136 cm³/mol. The summed E-state index contributed by atoms with van der Waals surface area (Å²) in [7, 11) is 1.30. The lowest BCUT2D eigenvalue weighted by Crippen LogP contribution is -2.32. The standard InChI is InChI=1S/C29H29NO6/c1-18(2)36-27-16-25-22(15-24(27)19-7-5-4-6-8-19)13-14-23(28(25)31)26(17-30(33)34)20-9-11-21(12-10-20)29(32)35-3/h4-12,15-16,18,23,26H,13-14,17H2,1-3H3. The van der Waals surface area contributed by atoms with Gasteiger partial charge in [0.2, 0.25) is 6.54 Å². The Morgan fingerprint density at radius 3 is 2.36 bits per heavy atom. The lowest BCUT2D eigenvalue weighted by atomic mass is 9.73. The van der Waals surface area contributed by atoms with E-state index < -0.39 is 17.8 Å². The van der Waals surface area contributed by atoms with Crippen molar-refractivity contribution < 1.29 is 24.0 Å². The molecule has 0 radical (unpaired) electrons. The molecule has 1 aliphatic carbocycles. The first kappa shape index (κ1) is 25.1. The van der Waals surface area contributed by atoms with Gasteiger partial charge in [-0.15, -0.1) is 0 Å². The van der Waals surface area contributed by atoms with Crippen molar-refractivity contribution in [2.45, 2.75) is 38.7 Å². The fraction of sp³-hybridized carbons (Fsp3) is 0.310. The lowest BCUT2D eigenvalue weighted by Gasteiger charge is -2.30. The Morgan fingerprint density at radius 2 is 1.75 bits per heavy atom. The molecule has 2 unspecified atom stereocenters. The molecule has 0 amide bonds. The maximum atomic E-state index is 13.8. The minimum Gasteiger partial charge on any atom is -0.490 e. The van der Waals surface area contributed by atoms with Crippen LogP contribution in [0.2, 0.25) is 0 Å². The highest BCUT2D eigenvalue weighted by atomic mass is 16.6. The molecule has 36 heavy (non-hydrogen) atoms. The van der Waals surface area contributed by atoms with Gasteiger partial charge < -0.3 is 9.47 Å². The zero-order valence-corrected chi connectivity index (χ0v) is 20.6. The van der Waals surface area contributed by atoms with Crippen molar-refractivity contribution in [3.63, 3.8) is 0 Å². The van der Waals surface area contributed by atoms with Crippen molar-refractivity contribution in [3.8, 4) is 16.9 Å². The van der Waals surface area contributed by atoms with Crippen LogP contribution in [0.1, 0.15) is 58.0 Å². The molecule has 3 aromatic rings. The molecule has 0 fully saturated rings. The Bertz CT molecular complexity index is 1270. The van der Waals surface area contributed by atoms with E-state index in [-0.39, 0.29) is 23.4 Å². The number of carbonyl (C=O) groups excluding carboxylic acids is 2. The van der Waals surface area contributed by atoms with Gasteiger partial charge in [-0.1, -0.05) is 42.5 Å². The number of hydrogen-bond donors (Lipinski definition) is 0. The van der Waals surface area contributed by atoms with Crippen molar-refractivity contribution in [2.75, 3.05) is 13.7 Å². The number of ether oxygens (including phenoxy) is 2. The van der Waals surface area contributed by atoms with Crippen LogP contribution < -0.4 is 4.74 Å². The first-order valence-corrected chi connectivity index (χ1v) is 12.0. The summed E-state index contributed by atoms with van der Waals surface area (Å²) in [6.45, 7) is 3.49. The molecule has 186 valence electrons. The highest BCUT2D eigenvalue weighted by Crippen LogP contribution is 2.41. The first-order chi connectivity index (χ1) is 17.3. The summed E-state index contributed by atoms with van der Waals surface area (Å²) in [6, 6.07) is 20.2. The Labute approximate surface area is 210 Å². The number of hydrogen-bond acceptors (Lipinski definition) is 6. The second kappa shape index (κ2) is 10.7. The molecule has 2 atom stereocenters. The van der Waals surface area contributed by atoms with E-state index in [4.69, 9.17) is 9.47 Å². The van der Waals surface area contributed by atoms with Gasteiger partial charge in [-0.05, 0) is 67.6 Å². The normalized spacial score (nSPS) is 15.8. The topological polar surface area (TPSA) is 95.7 Å². The van der Waals surface area contributed by atoms with E-state index in [9.17, 15) is 19.7 Å². The Balaban J connectivity index is 1.72. The Hall–Kier alpha value is -4.00. The number of nitro groups is 1. The molecule has 0 aliphatic heterocycles. The van der Waals surface area contributed by atoms with Crippen LogP contribution in [0.3, 0.4) is 0 Å². The van der Waals surface area contributed by atoms with Gasteiger partial charge in [0, 0.05) is 22.0 Å². The van der Waals surface area contributed by atoms with E-state index in [1.165, 1.54) is 7.11 Å². The second-order valence-electron chi connectivity index (χ2n) is 9.28. The van der Waals surface area contributed by atoms with Gasteiger partial charge in [0.1, 0.15) is 5.75 Å². The molecule has 0 saturated carbocycles. The molecule has 0 bridgehead atoms. The van der Waals surface area contributed by atoms with Crippen molar-refractivity contribution >= 4 is 11.8 Å². The number of carbonyl (C=O) groups is 2. The molecule has 1 aliphatic rings. The molecule has 0 saturated heterocycles. The van der Waals surface area contributed by atoms with E-state index in [1.807, 2.05) is 50.2 Å². The molecule has 7 nitrogen and oxygen atoms in total. The van der Waals surface area contributed by atoms with E-state index in [1.54, 1.807) is 30.3 Å². The summed E-state index contributed by atoms with van der Waals surface area (Å²) in [4.78, 5) is 36.8. The van der Waals surface area contributed by atoms with Gasteiger partial charge in [0.15, 0.2) is 5.78 Å². The quantitative estimate of drug-likeness (QED) is 0.229. The summed E-state index contributed by atoms with van der Waals surface area (Å²) < 4.78 is 10.8. The van der Waals surface area contributed by atoms with Gasteiger partial charge in [0.05, 0.1) is 24.7 Å². The molecule has 0 spiro atoms. The number of ketones is 1. The summed E-state index contributed by atoms with van der Waals surface area (Å²) in [5.74, 6) is -1.15. The maximum absolute atomic E-state index is 13.8. The van der Waals surface area contributed by atoms with Crippen molar-refractivity contribution in [2.24, 2.45) is 5.92 Å². The maximum Gasteiger partial charge on any atom is 0.337 e. The number of nitrogens with zero attached hydrogens (tertiary/aromatic N) is 1. The fourth-order valence-electron chi connectivity index (χ4n) is 4.89. The largest absolute Gasteiger partial charge is 0.490 e. The lowest BCUT2D eigenvalue weighted by molar-refractivity contribution is -0.484. The van der Waals surface area contributed by atoms with E-state index >= 15 is 0 Å². The fourth-order valence-corrected chi connectivity index (χ4v) is 4.89. The van der Waals surface area contributed by atoms with Crippen molar-refractivity contribution in [3.05, 3.63) is 99.1 Å². The molecular weight excluding hydrogens is 458 g/mol. The minimum absolute atomic E-state index is 0.0874. The molecule has 0 aromatic heterocycles. The zero-order valence-electron chi connectivity index (χ0n) is 20.6. The van der Waals surface area contributed by atoms with E-state index in [2.05, 4.69) is 0 Å². The molecule has 7 heteroatoms. The van der Waals surface area contributed by atoms with Gasteiger partial charge in [-0.25, -0.2) is 4.79 Å². The van der Waals surface area contributed by atoms with Crippen LogP contribution in [0.25, 0.3) is 11.1 Å². The van der Waals surface area contributed by atoms with Gasteiger partial charge in [-0.2, -0.15) is 0 Å². The van der Waals surface area contributed by atoms with Gasteiger partial charge in [-0.3, -0.25) is 14.9 Å². The van der Waals surface area contributed by atoms with Crippen molar-refractivity contribution in [1.82, 2.24) is 0 Å². The Kier molecular flexibility index (Phi) is 7.48. The minimum atomic E-state index is -0.615. The van der Waals surface area contributed by atoms with Crippen LogP contribution in [0, 0.1) is 16.0 Å². The molecule has 0 heterocycles. The number of esters is 1. The van der Waals surface area contributed by atoms with Crippen LogP contribution in [0.15, 0.2) is 66.7 Å². The summed E-state index contributed by atoms with van der Waals surface area (Å²) in [5, 5.41) is 11.6. The van der Waals surface area contributed by atoms with Crippen LogP contribution in [-0.2, 0) is 11.2 Å².